The summed E-state index contributed by atoms with van der Waals surface area (Å²) < 4.78 is 0.680. The number of alkyl halides is 1. The summed E-state index contributed by atoms with van der Waals surface area (Å²) in [7, 11) is 0. The smallest absolute Gasteiger partial charge is 0.197 e. The first-order chi connectivity index (χ1) is 5.79. The number of imidazole rings is 1. The van der Waals surface area contributed by atoms with Crippen molar-refractivity contribution in [3.05, 3.63) is 16.6 Å². The normalized spacial score (nSPS) is 10.8. The van der Waals surface area contributed by atoms with Crippen molar-refractivity contribution in [2.24, 2.45) is 0 Å². The summed E-state index contributed by atoms with van der Waals surface area (Å²) >= 11 is 8.79. The van der Waals surface area contributed by atoms with Gasteiger partial charge < -0.3 is 4.98 Å². The van der Waals surface area contributed by atoms with Gasteiger partial charge in [0.15, 0.2) is 11.3 Å². The van der Waals surface area contributed by atoms with Crippen molar-refractivity contribution in [1.29, 1.82) is 0 Å². The summed E-state index contributed by atoms with van der Waals surface area (Å²) in [5.74, 6) is 1.03. The molecule has 0 aliphatic rings. The molecule has 0 saturated heterocycles. The molecule has 2 rings (SSSR count). The van der Waals surface area contributed by atoms with E-state index >= 15 is 0 Å². The van der Waals surface area contributed by atoms with Crippen LogP contribution in [0, 0.1) is 0 Å². The fourth-order valence-corrected chi connectivity index (χ4v) is 1.29. The Morgan fingerprint density at radius 2 is 2.33 bits per heavy atom. The maximum absolute atomic E-state index is 5.58. The van der Waals surface area contributed by atoms with Crippen LogP contribution in [-0.2, 0) is 5.88 Å². The van der Waals surface area contributed by atoms with E-state index in [-0.39, 0.29) is 0 Å². The standard InChI is InChI=1S/C6H4BrClN4/c7-3-2-9-5-6(10-3)12-4(1-8)11-5/h2H,1H2,(H,9,10,11,12). The van der Waals surface area contributed by atoms with Crippen LogP contribution in [0.2, 0.25) is 0 Å². The summed E-state index contributed by atoms with van der Waals surface area (Å²) in [5.41, 5.74) is 1.24. The van der Waals surface area contributed by atoms with Crippen LogP contribution in [0.4, 0.5) is 0 Å². The van der Waals surface area contributed by atoms with Gasteiger partial charge in [0.1, 0.15) is 10.4 Å². The molecule has 12 heavy (non-hydrogen) atoms. The molecule has 0 spiro atoms. The molecule has 2 heterocycles. The molecular weight excluding hydrogens is 243 g/mol. The highest BCUT2D eigenvalue weighted by Crippen LogP contribution is 2.11. The van der Waals surface area contributed by atoms with Crippen molar-refractivity contribution >= 4 is 38.8 Å². The molecule has 4 nitrogen and oxygen atoms in total. The monoisotopic (exact) mass is 246 g/mol. The zero-order chi connectivity index (χ0) is 8.55. The van der Waals surface area contributed by atoms with E-state index in [0.29, 0.717) is 27.6 Å². The Kier molecular flexibility index (Phi) is 1.98. The number of halogens is 2. The second-order valence-corrected chi connectivity index (χ2v) is 3.26. The Bertz CT molecular complexity index is 413. The lowest BCUT2D eigenvalue weighted by atomic mass is 10.7. The van der Waals surface area contributed by atoms with E-state index in [0.717, 1.165) is 0 Å². The van der Waals surface area contributed by atoms with Crippen LogP contribution in [-0.4, -0.2) is 19.9 Å². The largest absolute Gasteiger partial charge is 0.324 e. The number of nitrogens with zero attached hydrogens (tertiary/aromatic N) is 3. The Morgan fingerprint density at radius 3 is 3.08 bits per heavy atom. The van der Waals surface area contributed by atoms with E-state index in [2.05, 4.69) is 35.9 Å². The molecule has 0 saturated carbocycles. The Hall–Kier alpha value is -0.680. The number of rotatable bonds is 1. The highest BCUT2D eigenvalue weighted by atomic mass is 79.9. The summed E-state index contributed by atoms with van der Waals surface area (Å²) in [6.07, 6.45) is 1.60. The fraction of sp³-hybridized carbons (Fsp3) is 0.167. The first kappa shape index (κ1) is 7.94. The summed E-state index contributed by atoms with van der Waals surface area (Å²) in [6.45, 7) is 0. The number of H-pyrrole nitrogens is 1. The number of nitrogens with one attached hydrogen (secondary N) is 1. The van der Waals surface area contributed by atoms with Gasteiger partial charge in [0.25, 0.3) is 0 Å². The summed E-state index contributed by atoms with van der Waals surface area (Å²) in [6, 6.07) is 0. The lowest BCUT2D eigenvalue weighted by Crippen LogP contribution is -1.81. The summed E-state index contributed by atoms with van der Waals surface area (Å²) in [4.78, 5) is 15.2. The molecule has 2 aromatic rings. The van der Waals surface area contributed by atoms with Crippen LogP contribution >= 0.6 is 27.5 Å². The van der Waals surface area contributed by atoms with Gasteiger partial charge in [-0.25, -0.2) is 15.0 Å². The quantitative estimate of drug-likeness (QED) is 0.783. The van der Waals surface area contributed by atoms with Gasteiger partial charge in [-0.3, -0.25) is 0 Å². The Labute approximate surface area is 81.5 Å². The van der Waals surface area contributed by atoms with E-state index in [1.165, 1.54) is 0 Å². The van der Waals surface area contributed by atoms with Gasteiger partial charge in [-0.1, -0.05) is 0 Å². The molecule has 0 atom stereocenters. The average molecular weight is 247 g/mol. The molecule has 1 N–H and O–H groups in total. The van der Waals surface area contributed by atoms with E-state index in [4.69, 9.17) is 11.6 Å². The number of fused-ring (bicyclic) bond motifs is 1. The highest BCUT2D eigenvalue weighted by Gasteiger charge is 2.03. The molecule has 0 bridgehead atoms. The lowest BCUT2D eigenvalue weighted by molar-refractivity contribution is 1.12. The van der Waals surface area contributed by atoms with Crippen LogP contribution in [0.1, 0.15) is 5.82 Å². The Balaban J connectivity index is 2.67. The van der Waals surface area contributed by atoms with Crippen LogP contribution in [0.25, 0.3) is 11.3 Å². The molecule has 0 aromatic carbocycles. The SMILES string of the molecule is ClCc1nc2ncc(Br)nc2[nH]1. The maximum Gasteiger partial charge on any atom is 0.197 e. The third-order valence-electron chi connectivity index (χ3n) is 1.35. The van der Waals surface area contributed by atoms with Crippen LogP contribution in [0.15, 0.2) is 10.8 Å². The minimum absolute atomic E-state index is 0.343. The highest BCUT2D eigenvalue weighted by molar-refractivity contribution is 9.10. The van der Waals surface area contributed by atoms with Crippen molar-refractivity contribution in [3.63, 3.8) is 0 Å². The zero-order valence-corrected chi connectivity index (χ0v) is 8.22. The third-order valence-corrected chi connectivity index (χ3v) is 1.99. The van der Waals surface area contributed by atoms with Gasteiger partial charge in [0.05, 0.1) is 12.1 Å². The molecule has 6 heteroatoms. The number of aromatic nitrogens is 4. The van der Waals surface area contributed by atoms with Gasteiger partial charge in [-0.15, -0.1) is 11.6 Å². The van der Waals surface area contributed by atoms with Crippen molar-refractivity contribution < 1.29 is 0 Å². The van der Waals surface area contributed by atoms with Crippen LogP contribution < -0.4 is 0 Å². The van der Waals surface area contributed by atoms with Crippen LogP contribution in [0.3, 0.4) is 0 Å². The van der Waals surface area contributed by atoms with Gasteiger partial charge in [-0.05, 0) is 15.9 Å². The molecule has 0 radical (unpaired) electrons. The molecular formula is C6H4BrClN4. The predicted octanol–water partition coefficient (Wildman–Crippen LogP) is 1.85. The maximum atomic E-state index is 5.58. The zero-order valence-electron chi connectivity index (χ0n) is 5.88. The van der Waals surface area contributed by atoms with E-state index in [9.17, 15) is 0 Å². The van der Waals surface area contributed by atoms with Gasteiger partial charge >= 0.3 is 0 Å². The van der Waals surface area contributed by atoms with E-state index < -0.39 is 0 Å². The fourth-order valence-electron chi connectivity index (χ4n) is 0.883. The van der Waals surface area contributed by atoms with Gasteiger partial charge in [0, 0.05) is 0 Å². The van der Waals surface area contributed by atoms with Crippen molar-refractivity contribution in [2.75, 3.05) is 0 Å². The molecule has 2 aromatic heterocycles. The second-order valence-electron chi connectivity index (χ2n) is 2.18. The Morgan fingerprint density at radius 1 is 1.50 bits per heavy atom. The van der Waals surface area contributed by atoms with Gasteiger partial charge in [0.2, 0.25) is 0 Å². The molecule has 0 aliphatic heterocycles. The second kappa shape index (κ2) is 2.99. The minimum atomic E-state index is 0.343. The van der Waals surface area contributed by atoms with Gasteiger partial charge in [-0.2, -0.15) is 0 Å². The number of aromatic amines is 1. The minimum Gasteiger partial charge on any atom is -0.324 e. The van der Waals surface area contributed by atoms with Crippen molar-refractivity contribution in [2.45, 2.75) is 5.88 Å². The summed E-state index contributed by atoms with van der Waals surface area (Å²) in [5, 5.41) is 0. The van der Waals surface area contributed by atoms with E-state index in [1.807, 2.05) is 0 Å². The third kappa shape index (κ3) is 1.30. The van der Waals surface area contributed by atoms with Crippen molar-refractivity contribution in [1.82, 2.24) is 19.9 Å². The van der Waals surface area contributed by atoms with Crippen molar-refractivity contribution in [3.8, 4) is 0 Å². The number of hydrogen-bond acceptors (Lipinski definition) is 3. The molecule has 62 valence electrons. The molecule has 0 unspecified atom stereocenters. The first-order valence-corrected chi connectivity index (χ1v) is 4.55. The first-order valence-electron chi connectivity index (χ1n) is 3.22. The average Bonchev–Trinajstić information content (AvgIpc) is 2.46. The molecule has 0 amide bonds. The lowest BCUT2D eigenvalue weighted by Gasteiger charge is -1.86. The van der Waals surface area contributed by atoms with Crippen LogP contribution in [0.5, 0.6) is 0 Å². The molecule has 0 aliphatic carbocycles. The molecule has 0 fully saturated rings. The predicted molar refractivity (Wildman–Crippen MR) is 48.9 cm³/mol. The number of hydrogen-bond donors (Lipinski definition) is 1. The topological polar surface area (TPSA) is 54.5 Å². The van der Waals surface area contributed by atoms with E-state index in [1.54, 1.807) is 6.20 Å².